The van der Waals surface area contributed by atoms with Gasteiger partial charge in [-0.2, -0.15) is 0 Å². The zero-order valence-electron chi connectivity index (χ0n) is 8.45. The highest BCUT2D eigenvalue weighted by Gasteiger charge is 2.07. The van der Waals surface area contributed by atoms with Crippen molar-refractivity contribution in [2.24, 2.45) is 0 Å². The van der Waals surface area contributed by atoms with Gasteiger partial charge in [-0.05, 0) is 62.9 Å². The monoisotopic (exact) mass is 436 g/mol. The first-order chi connectivity index (χ1) is 7.66. The first-order valence-corrected chi connectivity index (χ1v) is 7.03. The van der Waals surface area contributed by atoms with E-state index in [2.05, 4.69) is 57.3 Å². The van der Waals surface area contributed by atoms with Crippen molar-refractivity contribution in [2.75, 3.05) is 0 Å². The van der Waals surface area contributed by atoms with Crippen LogP contribution in [0.2, 0.25) is 0 Å². The number of hydrogen-bond donors (Lipinski definition) is 1. The Hall–Kier alpha value is -0.300. The normalized spacial score (nSPS) is 10.4. The topological polar surface area (TPSA) is 20.2 Å². The molecule has 0 bridgehead atoms. The predicted octanol–water partition coefficient (Wildman–Crippen LogP) is 4.19. The van der Waals surface area contributed by atoms with Crippen LogP contribution in [0.1, 0.15) is 11.1 Å². The zero-order chi connectivity index (χ0) is 11.5. The van der Waals surface area contributed by atoms with Crippen molar-refractivity contribution in [3.63, 3.8) is 0 Å². The number of benzene rings is 2. The summed E-state index contributed by atoms with van der Waals surface area (Å²) in [5, 5.41) is 9.97. The van der Waals surface area contributed by atoms with Gasteiger partial charge in [-0.3, -0.25) is 0 Å². The molecule has 0 aliphatic rings. The van der Waals surface area contributed by atoms with Gasteiger partial charge in [0.05, 0.1) is 3.57 Å². The van der Waals surface area contributed by atoms with Crippen LogP contribution in [0.15, 0.2) is 42.5 Å². The molecule has 0 aromatic heterocycles. The molecule has 0 radical (unpaired) electrons. The third kappa shape index (κ3) is 2.88. The second-order valence-corrected chi connectivity index (χ2v) is 5.97. The molecule has 2 rings (SSSR count). The molecule has 2 aromatic rings. The fraction of sp³-hybridized carbons (Fsp3) is 0.0769. The summed E-state index contributed by atoms with van der Waals surface area (Å²) in [6.45, 7) is 0. The Labute approximate surface area is 122 Å². The van der Waals surface area contributed by atoms with Crippen molar-refractivity contribution >= 4 is 45.2 Å². The van der Waals surface area contributed by atoms with Gasteiger partial charge in [-0.15, -0.1) is 0 Å². The molecule has 1 N–H and O–H groups in total. The number of aromatic hydroxyl groups is 1. The molecular formula is C13H10I2O. The Bertz CT molecular complexity index is 495. The van der Waals surface area contributed by atoms with Crippen LogP contribution in [-0.2, 0) is 6.42 Å². The van der Waals surface area contributed by atoms with Crippen molar-refractivity contribution in [3.05, 3.63) is 60.7 Å². The molecule has 1 nitrogen and oxygen atoms in total. The molecule has 0 atom stereocenters. The van der Waals surface area contributed by atoms with Gasteiger partial charge in [0.25, 0.3) is 0 Å². The minimum Gasteiger partial charge on any atom is -0.507 e. The van der Waals surface area contributed by atoms with Crippen LogP contribution in [0, 0.1) is 7.14 Å². The van der Waals surface area contributed by atoms with E-state index >= 15 is 0 Å². The van der Waals surface area contributed by atoms with Crippen LogP contribution >= 0.6 is 45.2 Å². The lowest BCUT2D eigenvalue weighted by atomic mass is 10.0. The fourth-order valence-corrected chi connectivity index (χ4v) is 3.53. The van der Waals surface area contributed by atoms with Gasteiger partial charge < -0.3 is 5.11 Å². The van der Waals surface area contributed by atoms with E-state index in [-0.39, 0.29) is 0 Å². The molecule has 16 heavy (non-hydrogen) atoms. The molecule has 0 amide bonds. The number of halogens is 2. The lowest BCUT2D eigenvalue weighted by molar-refractivity contribution is 0.465. The molecule has 82 valence electrons. The molecule has 0 unspecified atom stereocenters. The molecule has 0 heterocycles. The molecule has 0 aliphatic heterocycles. The number of phenols is 1. The van der Waals surface area contributed by atoms with E-state index in [1.807, 2.05) is 30.3 Å². The third-order valence-corrected chi connectivity index (χ3v) is 3.79. The van der Waals surface area contributed by atoms with Gasteiger partial charge >= 0.3 is 0 Å². The molecule has 0 saturated carbocycles. The van der Waals surface area contributed by atoms with Crippen molar-refractivity contribution in [1.82, 2.24) is 0 Å². The maximum Gasteiger partial charge on any atom is 0.132 e. The van der Waals surface area contributed by atoms with Gasteiger partial charge in [-0.25, -0.2) is 0 Å². The Balaban J connectivity index is 2.35. The maximum absolute atomic E-state index is 9.97. The van der Waals surface area contributed by atoms with Gasteiger partial charge in [0.2, 0.25) is 0 Å². The van der Waals surface area contributed by atoms with Crippen molar-refractivity contribution in [2.45, 2.75) is 6.42 Å². The molecule has 3 heteroatoms. The lowest BCUT2D eigenvalue weighted by Crippen LogP contribution is -1.91. The lowest BCUT2D eigenvalue weighted by Gasteiger charge is -2.07. The molecule has 0 aliphatic carbocycles. The summed E-state index contributed by atoms with van der Waals surface area (Å²) in [6, 6.07) is 14.2. The molecule has 0 saturated heterocycles. The Morgan fingerprint density at radius 1 is 1.00 bits per heavy atom. The number of hydrogen-bond acceptors (Lipinski definition) is 1. The van der Waals surface area contributed by atoms with Crippen LogP contribution in [0.4, 0.5) is 0 Å². The van der Waals surface area contributed by atoms with Gasteiger partial charge in [-0.1, -0.05) is 30.3 Å². The molecule has 0 spiro atoms. The highest BCUT2D eigenvalue weighted by Crippen LogP contribution is 2.28. The number of phenolic OH excluding ortho intramolecular Hbond substituents is 1. The predicted molar refractivity (Wildman–Crippen MR) is 82.8 cm³/mol. The van der Waals surface area contributed by atoms with Gasteiger partial charge in [0, 0.05) is 15.6 Å². The third-order valence-electron chi connectivity index (χ3n) is 2.34. The van der Waals surface area contributed by atoms with E-state index in [1.165, 1.54) is 5.56 Å². The van der Waals surface area contributed by atoms with Gasteiger partial charge in [0.1, 0.15) is 5.75 Å². The Morgan fingerprint density at radius 2 is 1.69 bits per heavy atom. The van der Waals surface area contributed by atoms with Crippen molar-refractivity contribution < 1.29 is 5.11 Å². The summed E-state index contributed by atoms with van der Waals surface area (Å²) in [6.07, 6.45) is 0.777. The van der Waals surface area contributed by atoms with Crippen LogP contribution in [0.5, 0.6) is 5.75 Å². The smallest absolute Gasteiger partial charge is 0.132 e. The molecule has 2 aromatic carbocycles. The maximum atomic E-state index is 9.97. The average Bonchev–Trinajstić information content (AvgIpc) is 2.27. The quantitative estimate of drug-likeness (QED) is 0.701. The average molecular weight is 436 g/mol. The molecule has 0 fully saturated rings. The van der Waals surface area contributed by atoms with Crippen LogP contribution in [0.25, 0.3) is 0 Å². The van der Waals surface area contributed by atoms with Crippen LogP contribution < -0.4 is 0 Å². The summed E-state index contributed by atoms with van der Waals surface area (Å²) in [4.78, 5) is 0. The van der Waals surface area contributed by atoms with Gasteiger partial charge in [0.15, 0.2) is 0 Å². The van der Waals surface area contributed by atoms with E-state index in [4.69, 9.17) is 0 Å². The summed E-state index contributed by atoms with van der Waals surface area (Å²) in [5.74, 6) is 0.407. The summed E-state index contributed by atoms with van der Waals surface area (Å²) in [5.41, 5.74) is 2.21. The first-order valence-electron chi connectivity index (χ1n) is 4.87. The first kappa shape index (κ1) is 12.2. The highest BCUT2D eigenvalue weighted by molar-refractivity contribution is 14.1. The summed E-state index contributed by atoms with van der Waals surface area (Å²) < 4.78 is 2.07. The highest BCUT2D eigenvalue weighted by atomic mass is 127. The second kappa shape index (κ2) is 5.35. The van der Waals surface area contributed by atoms with Crippen LogP contribution in [0.3, 0.4) is 0 Å². The largest absolute Gasteiger partial charge is 0.507 e. The minimum atomic E-state index is 0.407. The van der Waals surface area contributed by atoms with Crippen molar-refractivity contribution in [3.8, 4) is 5.75 Å². The minimum absolute atomic E-state index is 0.407. The zero-order valence-corrected chi connectivity index (χ0v) is 12.8. The van der Waals surface area contributed by atoms with Crippen LogP contribution in [-0.4, -0.2) is 5.11 Å². The SMILES string of the molecule is Oc1c(I)cc(I)cc1Cc1ccccc1. The fourth-order valence-electron chi connectivity index (χ4n) is 1.57. The van der Waals surface area contributed by atoms with E-state index in [0.29, 0.717) is 5.75 Å². The van der Waals surface area contributed by atoms with Crippen molar-refractivity contribution in [1.29, 1.82) is 0 Å². The second-order valence-electron chi connectivity index (χ2n) is 3.56. The van der Waals surface area contributed by atoms with E-state index in [0.717, 1.165) is 19.1 Å². The van der Waals surface area contributed by atoms with E-state index in [9.17, 15) is 5.11 Å². The molecular weight excluding hydrogens is 426 g/mol. The van der Waals surface area contributed by atoms with E-state index in [1.54, 1.807) is 0 Å². The number of rotatable bonds is 2. The summed E-state index contributed by atoms with van der Waals surface area (Å²) in [7, 11) is 0. The summed E-state index contributed by atoms with van der Waals surface area (Å²) >= 11 is 4.44. The Kier molecular flexibility index (Phi) is 4.07. The van der Waals surface area contributed by atoms with E-state index < -0.39 is 0 Å². The standard InChI is InChI=1S/C13H10I2O/c14-11-7-10(13(16)12(15)8-11)6-9-4-2-1-3-5-9/h1-5,7-8,16H,6H2. The Morgan fingerprint density at radius 3 is 2.38 bits per heavy atom.